The van der Waals surface area contributed by atoms with Gasteiger partial charge in [-0.25, -0.2) is 0 Å². The molecule has 0 radical (unpaired) electrons. The summed E-state index contributed by atoms with van der Waals surface area (Å²) in [6.07, 6.45) is 5.85. The highest BCUT2D eigenvalue weighted by Crippen LogP contribution is 2.39. The SMILES string of the molecule is CC1CNC2C(CCC3CC(C)CNC32)C1. The highest BCUT2D eigenvalue weighted by Gasteiger charge is 2.43. The van der Waals surface area contributed by atoms with E-state index in [0.717, 1.165) is 35.8 Å². The zero-order valence-corrected chi connectivity index (χ0v) is 10.7. The maximum Gasteiger partial charge on any atom is 0.0252 e. The van der Waals surface area contributed by atoms with Crippen LogP contribution in [0.15, 0.2) is 0 Å². The molecule has 92 valence electrons. The number of hydrogen-bond acceptors (Lipinski definition) is 2. The Hall–Kier alpha value is -0.0800. The van der Waals surface area contributed by atoms with Crippen LogP contribution in [0.5, 0.6) is 0 Å². The zero-order chi connectivity index (χ0) is 11.1. The molecular weight excluding hydrogens is 196 g/mol. The third kappa shape index (κ3) is 1.91. The van der Waals surface area contributed by atoms with E-state index in [0.29, 0.717) is 0 Å². The Balaban J connectivity index is 1.71. The maximum absolute atomic E-state index is 3.82. The Kier molecular flexibility index (Phi) is 2.97. The van der Waals surface area contributed by atoms with Crippen molar-refractivity contribution in [2.24, 2.45) is 23.7 Å². The first kappa shape index (κ1) is 11.0. The second-order valence-electron chi connectivity index (χ2n) is 6.65. The molecule has 2 aliphatic heterocycles. The quantitative estimate of drug-likeness (QED) is 0.655. The lowest BCUT2D eigenvalue weighted by atomic mass is 9.66. The van der Waals surface area contributed by atoms with Crippen LogP contribution in [0.4, 0.5) is 0 Å². The molecule has 6 atom stereocenters. The van der Waals surface area contributed by atoms with Crippen LogP contribution in [0, 0.1) is 23.7 Å². The summed E-state index contributed by atoms with van der Waals surface area (Å²) in [5.74, 6) is 3.68. The second-order valence-corrected chi connectivity index (χ2v) is 6.65. The van der Waals surface area contributed by atoms with Gasteiger partial charge in [0.05, 0.1) is 0 Å². The fourth-order valence-corrected chi connectivity index (χ4v) is 4.36. The maximum atomic E-state index is 3.82. The first-order valence-corrected chi connectivity index (χ1v) is 7.21. The van der Waals surface area contributed by atoms with Gasteiger partial charge in [0.1, 0.15) is 0 Å². The minimum absolute atomic E-state index is 0.780. The van der Waals surface area contributed by atoms with Crippen molar-refractivity contribution in [2.45, 2.75) is 51.6 Å². The van der Waals surface area contributed by atoms with E-state index in [1.165, 1.54) is 38.8 Å². The topological polar surface area (TPSA) is 24.1 Å². The molecule has 0 aromatic carbocycles. The molecule has 0 aromatic rings. The van der Waals surface area contributed by atoms with Crippen molar-refractivity contribution in [1.29, 1.82) is 0 Å². The van der Waals surface area contributed by atoms with Gasteiger partial charge in [-0.15, -0.1) is 0 Å². The molecule has 2 saturated heterocycles. The van der Waals surface area contributed by atoms with Crippen molar-refractivity contribution in [3.05, 3.63) is 0 Å². The molecule has 2 heterocycles. The standard InChI is InChI=1S/C14H26N2/c1-9-5-11-3-4-12-6-10(2)8-16-14(12)13(11)15-7-9/h9-16H,3-8H2,1-2H3. The van der Waals surface area contributed by atoms with Gasteiger partial charge in [-0.3, -0.25) is 0 Å². The lowest BCUT2D eigenvalue weighted by Gasteiger charge is -2.50. The van der Waals surface area contributed by atoms with Crippen LogP contribution >= 0.6 is 0 Å². The third-order valence-electron chi connectivity index (χ3n) is 5.13. The molecule has 2 nitrogen and oxygen atoms in total. The molecule has 1 aliphatic carbocycles. The molecule has 2 heteroatoms. The van der Waals surface area contributed by atoms with Crippen LogP contribution in [-0.2, 0) is 0 Å². The van der Waals surface area contributed by atoms with Gasteiger partial charge in [0.2, 0.25) is 0 Å². The van der Waals surface area contributed by atoms with Gasteiger partial charge in [-0.2, -0.15) is 0 Å². The molecule has 6 unspecified atom stereocenters. The van der Waals surface area contributed by atoms with Crippen molar-refractivity contribution >= 4 is 0 Å². The van der Waals surface area contributed by atoms with Gasteiger partial charge in [0.25, 0.3) is 0 Å². The van der Waals surface area contributed by atoms with Gasteiger partial charge in [-0.05, 0) is 62.4 Å². The Morgan fingerprint density at radius 2 is 1.19 bits per heavy atom. The van der Waals surface area contributed by atoms with Crippen molar-refractivity contribution in [3.63, 3.8) is 0 Å². The molecule has 2 N–H and O–H groups in total. The summed E-state index contributed by atoms with van der Waals surface area (Å²) < 4.78 is 0. The van der Waals surface area contributed by atoms with Gasteiger partial charge >= 0.3 is 0 Å². The Morgan fingerprint density at radius 1 is 0.750 bits per heavy atom. The smallest absolute Gasteiger partial charge is 0.0252 e. The second kappa shape index (κ2) is 4.30. The van der Waals surface area contributed by atoms with E-state index in [2.05, 4.69) is 24.5 Å². The predicted octanol–water partition coefficient (Wildman–Crippen LogP) is 2.01. The summed E-state index contributed by atoms with van der Waals surface area (Å²) in [4.78, 5) is 0. The average Bonchev–Trinajstić information content (AvgIpc) is 2.28. The molecule has 0 bridgehead atoms. The molecule has 0 aromatic heterocycles. The summed E-state index contributed by atoms with van der Waals surface area (Å²) in [5, 5.41) is 7.64. The third-order valence-corrected chi connectivity index (χ3v) is 5.13. The van der Waals surface area contributed by atoms with Crippen molar-refractivity contribution < 1.29 is 0 Å². The van der Waals surface area contributed by atoms with Crippen LogP contribution in [-0.4, -0.2) is 25.2 Å². The highest BCUT2D eigenvalue weighted by atomic mass is 15.1. The summed E-state index contributed by atoms with van der Waals surface area (Å²) in [6, 6.07) is 1.56. The van der Waals surface area contributed by atoms with E-state index in [-0.39, 0.29) is 0 Å². The molecular formula is C14H26N2. The van der Waals surface area contributed by atoms with E-state index in [1.54, 1.807) is 0 Å². The van der Waals surface area contributed by atoms with Crippen LogP contribution in [0.2, 0.25) is 0 Å². The van der Waals surface area contributed by atoms with Gasteiger partial charge < -0.3 is 10.6 Å². The van der Waals surface area contributed by atoms with E-state index < -0.39 is 0 Å². The summed E-state index contributed by atoms with van der Waals surface area (Å²) in [7, 11) is 0. The van der Waals surface area contributed by atoms with E-state index in [9.17, 15) is 0 Å². The van der Waals surface area contributed by atoms with Gasteiger partial charge in [0, 0.05) is 12.1 Å². The lowest BCUT2D eigenvalue weighted by Crippen LogP contribution is -2.63. The Morgan fingerprint density at radius 3 is 1.62 bits per heavy atom. The summed E-state index contributed by atoms with van der Waals surface area (Å²) in [6.45, 7) is 7.26. The number of piperidine rings is 2. The minimum Gasteiger partial charge on any atom is -0.312 e. The van der Waals surface area contributed by atoms with Crippen LogP contribution < -0.4 is 10.6 Å². The van der Waals surface area contributed by atoms with Gasteiger partial charge in [-0.1, -0.05) is 13.8 Å². The molecule has 3 rings (SSSR count). The average molecular weight is 222 g/mol. The highest BCUT2D eigenvalue weighted by molar-refractivity contribution is 5.01. The molecule has 0 amide bonds. The number of hydrogen-bond donors (Lipinski definition) is 2. The molecule has 0 spiro atoms. The predicted molar refractivity (Wildman–Crippen MR) is 67.4 cm³/mol. The van der Waals surface area contributed by atoms with Gasteiger partial charge in [0.15, 0.2) is 0 Å². The molecule has 1 saturated carbocycles. The summed E-state index contributed by atoms with van der Waals surface area (Å²) in [5.41, 5.74) is 0. The van der Waals surface area contributed by atoms with E-state index >= 15 is 0 Å². The zero-order valence-electron chi connectivity index (χ0n) is 10.7. The fraction of sp³-hybridized carbons (Fsp3) is 1.00. The molecule has 16 heavy (non-hydrogen) atoms. The lowest BCUT2D eigenvalue weighted by molar-refractivity contribution is 0.0654. The van der Waals surface area contributed by atoms with Crippen molar-refractivity contribution in [2.75, 3.05) is 13.1 Å². The Bertz CT molecular complexity index is 227. The first-order valence-electron chi connectivity index (χ1n) is 7.21. The summed E-state index contributed by atoms with van der Waals surface area (Å²) >= 11 is 0. The van der Waals surface area contributed by atoms with Crippen molar-refractivity contribution in [3.8, 4) is 0 Å². The molecule has 3 aliphatic rings. The van der Waals surface area contributed by atoms with Crippen LogP contribution in [0.25, 0.3) is 0 Å². The van der Waals surface area contributed by atoms with E-state index in [1.807, 2.05) is 0 Å². The number of nitrogens with one attached hydrogen (secondary N) is 2. The normalized spacial score (nSPS) is 52.9. The Labute approximate surface area is 99.6 Å². The van der Waals surface area contributed by atoms with Crippen LogP contribution in [0.3, 0.4) is 0 Å². The first-order chi connectivity index (χ1) is 7.74. The number of fused-ring (bicyclic) bond motifs is 3. The van der Waals surface area contributed by atoms with E-state index in [4.69, 9.17) is 0 Å². The monoisotopic (exact) mass is 222 g/mol. The van der Waals surface area contributed by atoms with Crippen molar-refractivity contribution in [1.82, 2.24) is 10.6 Å². The number of rotatable bonds is 0. The largest absolute Gasteiger partial charge is 0.312 e. The minimum atomic E-state index is 0.780. The van der Waals surface area contributed by atoms with Crippen LogP contribution in [0.1, 0.15) is 39.5 Å². The fourth-order valence-electron chi connectivity index (χ4n) is 4.36. The molecule has 3 fully saturated rings.